The van der Waals surface area contributed by atoms with E-state index in [2.05, 4.69) is 47.7 Å². The summed E-state index contributed by atoms with van der Waals surface area (Å²) < 4.78 is 0. The summed E-state index contributed by atoms with van der Waals surface area (Å²) in [5, 5.41) is 0. The van der Waals surface area contributed by atoms with Crippen LogP contribution in [0.15, 0.2) is 103 Å². The highest BCUT2D eigenvalue weighted by Gasteiger charge is 2.28. The third kappa shape index (κ3) is 2.56. The second-order valence-corrected chi connectivity index (χ2v) is 4.87. The fourth-order valence-electron chi connectivity index (χ4n) is 2.74. The van der Waals surface area contributed by atoms with E-state index in [0.717, 1.165) is 28.5 Å². The number of hydrogen-bond donors (Lipinski definition) is 0. The topological polar surface area (TPSA) is 6.48 Å². The van der Waals surface area contributed by atoms with Gasteiger partial charge in [-0.15, -0.1) is 0 Å². The van der Waals surface area contributed by atoms with E-state index >= 15 is 0 Å². The second kappa shape index (κ2) is 6.81. The minimum absolute atomic E-state index is 1.00. The molecule has 0 unspecified atom stereocenters. The molecule has 0 amide bonds. The quantitative estimate of drug-likeness (QED) is 0.770. The molecule has 1 aromatic carbocycles. The molecule has 1 aliphatic rings. The van der Waals surface area contributed by atoms with E-state index in [1.54, 1.807) is 0 Å². The number of likely N-dealkylation sites (N-methyl/N-ethyl adjacent to an activating group) is 1. The third-order valence-corrected chi connectivity index (χ3v) is 3.68. The van der Waals surface area contributed by atoms with Gasteiger partial charge in [-0.2, -0.15) is 0 Å². The monoisotopic (exact) mass is 290 g/mol. The van der Waals surface area contributed by atoms with Crippen LogP contribution in [0.25, 0.3) is 0 Å². The Morgan fingerprint density at radius 1 is 0.909 bits per heavy atom. The Morgan fingerprint density at radius 3 is 2.05 bits per heavy atom. The van der Waals surface area contributed by atoms with Gasteiger partial charge in [0, 0.05) is 12.7 Å². The summed E-state index contributed by atoms with van der Waals surface area (Å²) in [6.45, 7) is 13.8. The number of benzene rings is 1. The van der Waals surface area contributed by atoms with Crippen molar-refractivity contribution in [1.29, 1.82) is 0 Å². The van der Waals surface area contributed by atoms with Gasteiger partial charge in [-0.1, -0.05) is 50.1 Å². The Bertz CT molecular complexity index is 675. The molecule has 2 heteroatoms. The van der Waals surface area contributed by atoms with Gasteiger partial charge >= 0.3 is 0 Å². The van der Waals surface area contributed by atoms with E-state index < -0.39 is 0 Å². The van der Waals surface area contributed by atoms with Crippen LogP contribution in [0.1, 0.15) is 6.92 Å². The minimum atomic E-state index is 1.00. The highest BCUT2D eigenvalue weighted by molar-refractivity contribution is 5.68. The molecule has 1 heterocycles. The summed E-state index contributed by atoms with van der Waals surface area (Å²) in [7, 11) is 2.04. The van der Waals surface area contributed by atoms with Crippen LogP contribution in [-0.2, 0) is 0 Å². The van der Waals surface area contributed by atoms with Crippen LogP contribution in [0.2, 0.25) is 0 Å². The standard InChI is InChI=1S/C20H22N2/c1-6-13-20-18(8-3)21(5)17(7-2)19(9-4)22(20)16-14-11-10-12-15-16/h6-15H,1-2,4H2,3,5H3/b18-8+,20-13+. The van der Waals surface area contributed by atoms with Gasteiger partial charge in [0.25, 0.3) is 0 Å². The van der Waals surface area contributed by atoms with Crippen LogP contribution >= 0.6 is 0 Å². The lowest BCUT2D eigenvalue weighted by atomic mass is 10.1. The molecule has 0 atom stereocenters. The molecule has 1 aliphatic heterocycles. The van der Waals surface area contributed by atoms with Gasteiger partial charge < -0.3 is 9.80 Å². The van der Waals surface area contributed by atoms with Gasteiger partial charge in [-0.05, 0) is 37.3 Å². The summed E-state index contributed by atoms with van der Waals surface area (Å²) in [5.41, 5.74) is 5.27. The van der Waals surface area contributed by atoms with Crippen LogP contribution < -0.4 is 4.90 Å². The molecule has 0 aliphatic carbocycles. The Balaban J connectivity index is 2.80. The van der Waals surface area contributed by atoms with Gasteiger partial charge in [0.15, 0.2) is 0 Å². The van der Waals surface area contributed by atoms with Crippen LogP contribution in [-0.4, -0.2) is 11.9 Å². The fourth-order valence-corrected chi connectivity index (χ4v) is 2.74. The van der Waals surface area contributed by atoms with Gasteiger partial charge in [0.05, 0.1) is 22.8 Å². The highest BCUT2D eigenvalue weighted by atomic mass is 15.3. The zero-order valence-corrected chi connectivity index (χ0v) is 13.3. The maximum Gasteiger partial charge on any atom is 0.0696 e. The average Bonchev–Trinajstić information content (AvgIpc) is 2.55. The number of anilines is 1. The van der Waals surface area contributed by atoms with Crippen molar-refractivity contribution in [2.24, 2.45) is 0 Å². The van der Waals surface area contributed by atoms with E-state index in [4.69, 9.17) is 0 Å². The van der Waals surface area contributed by atoms with Gasteiger partial charge in [-0.25, -0.2) is 0 Å². The first-order valence-corrected chi connectivity index (χ1v) is 7.27. The molecule has 0 fully saturated rings. The number of para-hydroxylation sites is 1. The molecule has 0 bridgehead atoms. The predicted molar refractivity (Wildman–Crippen MR) is 96.1 cm³/mol. The predicted octanol–water partition coefficient (Wildman–Crippen LogP) is 5.00. The molecular formula is C20H22N2. The molecule has 0 aromatic heterocycles. The van der Waals surface area contributed by atoms with Crippen molar-refractivity contribution >= 4 is 5.69 Å². The Labute approximate surface area is 133 Å². The summed E-state index contributed by atoms with van der Waals surface area (Å²) >= 11 is 0. The molecule has 0 radical (unpaired) electrons. The average molecular weight is 290 g/mol. The zero-order valence-electron chi connectivity index (χ0n) is 13.3. The summed E-state index contributed by atoms with van der Waals surface area (Å²) in [4.78, 5) is 4.31. The van der Waals surface area contributed by atoms with Gasteiger partial charge in [-0.3, -0.25) is 0 Å². The summed E-state index contributed by atoms with van der Waals surface area (Å²) in [6.07, 6.45) is 9.64. The van der Waals surface area contributed by atoms with Gasteiger partial charge in [0.1, 0.15) is 0 Å². The molecule has 1 aromatic rings. The molecule has 0 N–H and O–H groups in total. The Morgan fingerprint density at radius 2 is 1.55 bits per heavy atom. The maximum atomic E-state index is 3.99. The normalized spacial score (nSPS) is 18.8. The molecule has 2 rings (SSSR count). The first-order valence-electron chi connectivity index (χ1n) is 7.27. The Kier molecular flexibility index (Phi) is 4.84. The lowest BCUT2D eigenvalue weighted by Gasteiger charge is -2.41. The fraction of sp³-hybridized carbons (Fsp3) is 0.100. The molecule has 0 saturated carbocycles. The molecule has 22 heavy (non-hydrogen) atoms. The lowest BCUT2D eigenvalue weighted by molar-refractivity contribution is 0.518. The first-order chi connectivity index (χ1) is 10.7. The van der Waals surface area contributed by atoms with Crippen molar-refractivity contribution in [3.05, 3.63) is 103 Å². The van der Waals surface area contributed by atoms with E-state index in [1.165, 1.54) is 0 Å². The smallest absolute Gasteiger partial charge is 0.0696 e. The summed E-state index contributed by atoms with van der Waals surface area (Å²) in [5.74, 6) is 0. The minimum Gasteiger partial charge on any atom is -0.341 e. The molecule has 0 spiro atoms. The molecule has 2 nitrogen and oxygen atoms in total. The van der Waals surface area contributed by atoms with E-state index in [-0.39, 0.29) is 0 Å². The third-order valence-electron chi connectivity index (χ3n) is 3.68. The Hall–Kier alpha value is -2.74. The van der Waals surface area contributed by atoms with Crippen LogP contribution in [0.4, 0.5) is 5.69 Å². The van der Waals surface area contributed by atoms with Crippen LogP contribution in [0.3, 0.4) is 0 Å². The van der Waals surface area contributed by atoms with Crippen molar-refractivity contribution in [2.45, 2.75) is 6.92 Å². The molecule has 0 saturated heterocycles. The van der Waals surface area contributed by atoms with Crippen molar-refractivity contribution in [2.75, 3.05) is 11.9 Å². The van der Waals surface area contributed by atoms with Crippen molar-refractivity contribution < 1.29 is 0 Å². The largest absolute Gasteiger partial charge is 0.341 e. The SMILES string of the molecule is C=C/C=C1\C(=C/C)N(C)C(C=C)=C(C=C)N1c1ccccc1. The number of hydrogen-bond acceptors (Lipinski definition) is 2. The number of allylic oxidation sites excluding steroid dienone is 5. The molecular weight excluding hydrogens is 268 g/mol. The number of nitrogens with zero attached hydrogens (tertiary/aromatic N) is 2. The second-order valence-electron chi connectivity index (χ2n) is 4.87. The van der Waals surface area contributed by atoms with Crippen LogP contribution in [0, 0.1) is 0 Å². The van der Waals surface area contributed by atoms with Gasteiger partial charge in [0.2, 0.25) is 0 Å². The summed E-state index contributed by atoms with van der Waals surface area (Å²) in [6, 6.07) is 10.2. The molecule has 112 valence electrons. The van der Waals surface area contributed by atoms with Crippen molar-refractivity contribution in [1.82, 2.24) is 4.90 Å². The van der Waals surface area contributed by atoms with Crippen LogP contribution in [0.5, 0.6) is 0 Å². The number of rotatable bonds is 4. The van der Waals surface area contributed by atoms with E-state index in [1.807, 2.05) is 56.5 Å². The van der Waals surface area contributed by atoms with E-state index in [9.17, 15) is 0 Å². The van der Waals surface area contributed by atoms with E-state index in [0.29, 0.717) is 0 Å². The highest BCUT2D eigenvalue weighted by Crippen LogP contribution is 2.37. The zero-order chi connectivity index (χ0) is 16.1. The lowest BCUT2D eigenvalue weighted by Crippen LogP contribution is -2.36. The maximum absolute atomic E-state index is 3.99. The van der Waals surface area contributed by atoms with Crippen molar-refractivity contribution in [3.63, 3.8) is 0 Å². The van der Waals surface area contributed by atoms with Crippen molar-refractivity contribution in [3.8, 4) is 0 Å². The first kappa shape index (κ1) is 15.6.